The number of rotatable bonds is 4. The Balaban J connectivity index is 1.76. The van der Waals surface area contributed by atoms with E-state index >= 15 is 0 Å². The van der Waals surface area contributed by atoms with Crippen molar-refractivity contribution >= 4 is 32.6 Å². The summed E-state index contributed by atoms with van der Waals surface area (Å²) >= 11 is 1.44. The van der Waals surface area contributed by atoms with Crippen LogP contribution in [-0.4, -0.2) is 45.2 Å². The molecule has 0 bridgehead atoms. The molecule has 0 unspecified atom stereocenters. The Kier molecular flexibility index (Phi) is 4.76. The van der Waals surface area contributed by atoms with Crippen molar-refractivity contribution in [1.29, 1.82) is 0 Å². The number of anilines is 1. The van der Waals surface area contributed by atoms with Crippen molar-refractivity contribution in [2.45, 2.75) is 18.7 Å². The van der Waals surface area contributed by atoms with Gasteiger partial charge in [0, 0.05) is 26.2 Å². The SMILES string of the molecule is Cc1ccc(C)c(S(=O)(=O)N2CCN(c3ccc(C=O)s3)CC2)c1. The number of piperazine rings is 1. The van der Waals surface area contributed by atoms with Crippen molar-refractivity contribution in [3.63, 3.8) is 0 Å². The Morgan fingerprint density at radius 2 is 1.75 bits per heavy atom. The van der Waals surface area contributed by atoms with Gasteiger partial charge in [0.15, 0.2) is 6.29 Å². The van der Waals surface area contributed by atoms with Gasteiger partial charge in [-0.05, 0) is 43.2 Å². The number of hydrogen-bond donors (Lipinski definition) is 0. The molecule has 7 heteroatoms. The molecular formula is C17H20N2O3S2. The summed E-state index contributed by atoms with van der Waals surface area (Å²) in [6.45, 7) is 5.88. The number of sulfonamides is 1. The number of thiophene rings is 1. The van der Waals surface area contributed by atoms with Crippen molar-refractivity contribution in [2.24, 2.45) is 0 Å². The van der Waals surface area contributed by atoms with Crippen LogP contribution in [0.1, 0.15) is 20.8 Å². The molecule has 24 heavy (non-hydrogen) atoms. The molecular weight excluding hydrogens is 344 g/mol. The Hall–Kier alpha value is -1.70. The number of aldehydes is 1. The van der Waals surface area contributed by atoms with Crippen LogP contribution in [0.25, 0.3) is 0 Å². The lowest BCUT2D eigenvalue weighted by Crippen LogP contribution is -2.48. The second-order valence-electron chi connectivity index (χ2n) is 5.95. The second-order valence-corrected chi connectivity index (χ2v) is 8.95. The molecule has 1 saturated heterocycles. The molecule has 128 valence electrons. The van der Waals surface area contributed by atoms with E-state index in [0.29, 0.717) is 36.0 Å². The van der Waals surface area contributed by atoms with Gasteiger partial charge in [0.2, 0.25) is 10.0 Å². The smallest absolute Gasteiger partial charge is 0.243 e. The first kappa shape index (κ1) is 17.1. The van der Waals surface area contributed by atoms with Gasteiger partial charge < -0.3 is 4.90 Å². The van der Waals surface area contributed by atoms with E-state index in [4.69, 9.17) is 0 Å². The molecule has 0 spiro atoms. The highest BCUT2D eigenvalue weighted by Crippen LogP contribution is 2.28. The van der Waals surface area contributed by atoms with Gasteiger partial charge in [-0.3, -0.25) is 4.79 Å². The molecule has 0 N–H and O–H groups in total. The van der Waals surface area contributed by atoms with Crippen molar-refractivity contribution in [2.75, 3.05) is 31.1 Å². The maximum absolute atomic E-state index is 12.9. The Labute approximate surface area is 146 Å². The second kappa shape index (κ2) is 6.66. The minimum absolute atomic E-state index is 0.398. The molecule has 1 aromatic carbocycles. The van der Waals surface area contributed by atoms with Crippen LogP contribution in [0.5, 0.6) is 0 Å². The zero-order chi connectivity index (χ0) is 17.3. The molecule has 0 amide bonds. The molecule has 2 heterocycles. The molecule has 3 rings (SSSR count). The predicted octanol–water partition coefficient (Wildman–Crippen LogP) is 2.69. The van der Waals surface area contributed by atoms with Crippen LogP contribution in [0.2, 0.25) is 0 Å². The van der Waals surface area contributed by atoms with E-state index in [2.05, 4.69) is 4.90 Å². The fourth-order valence-electron chi connectivity index (χ4n) is 2.85. The van der Waals surface area contributed by atoms with E-state index in [-0.39, 0.29) is 0 Å². The first-order valence-corrected chi connectivity index (χ1v) is 10.0. The highest BCUT2D eigenvalue weighted by atomic mass is 32.2. The molecule has 0 saturated carbocycles. The standard InChI is InChI=1S/C17H20N2O3S2/c1-13-3-4-14(2)16(11-13)24(21,22)19-9-7-18(8-10-19)17-6-5-15(12-20)23-17/h3-6,11-12H,7-10H2,1-2H3. The molecule has 2 aromatic rings. The molecule has 0 atom stereocenters. The third-order valence-corrected chi connectivity index (χ3v) is 7.35. The molecule has 1 aromatic heterocycles. The Morgan fingerprint density at radius 1 is 1.04 bits per heavy atom. The van der Waals surface area contributed by atoms with E-state index in [0.717, 1.165) is 22.4 Å². The summed E-state index contributed by atoms with van der Waals surface area (Å²) < 4.78 is 27.4. The maximum atomic E-state index is 12.9. The van der Waals surface area contributed by atoms with Gasteiger partial charge in [-0.25, -0.2) is 8.42 Å². The molecule has 0 radical (unpaired) electrons. The van der Waals surface area contributed by atoms with Crippen LogP contribution in [0.15, 0.2) is 35.2 Å². The molecule has 1 fully saturated rings. The lowest BCUT2D eigenvalue weighted by Gasteiger charge is -2.34. The summed E-state index contributed by atoms with van der Waals surface area (Å²) in [5, 5.41) is 1.01. The van der Waals surface area contributed by atoms with Crippen LogP contribution >= 0.6 is 11.3 Å². The molecule has 0 aliphatic carbocycles. The molecule has 5 nitrogen and oxygen atoms in total. The fraction of sp³-hybridized carbons (Fsp3) is 0.353. The van der Waals surface area contributed by atoms with Crippen molar-refractivity contribution in [1.82, 2.24) is 4.31 Å². The van der Waals surface area contributed by atoms with Crippen LogP contribution in [0.3, 0.4) is 0 Å². The van der Waals surface area contributed by atoms with Gasteiger partial charge in [-0.15, -0.1) is 11.3 Å². The molecule has 1 aliphatic rings. The predicted molar refractivity (Wildman–Crippen MR) is 96.6 cm³/mol. The highest BCUT2D eigenvalue weighted by molar-refractivity contribution is 7.89. The van der Waals surface area contributed by atoms with Gasteiger partial charge in [0.1, 0.15) is 0 Å². The zero-order valence-electron chi connectivity index (χ0n) is 13.7. The summed E-state index contributed by atoms with van der Waals surface area (Å²) in [4.78, 5) is 14.0. The Morgan fingerprint density at radius 3 is 2.38 bits per heavy atom. The number of aryl methyl sites for hydroxylation is 2. The normalized spacial score (nSPS) is 16.3. The summed E-state index contributed by atoms with van der Waals surface area (Å²) in [5.74, 6) is 0. The lowest BCUT2D eigenvalue weighted by atomic mass is 10.2. The molecule has 1 aliphatic heterocycles. The van der Waals surface area contributed by atoms with Gasteiger partial charge >= 0.3 is 0 Å². The average molecular weight is 364 g/mol. The van der Waals surface area contributed by atoms with E-state index in [9.17, 15) is 13.2 Å². The largest absolute Gasteiger partial charge is 0.361 e. The lowest BCUT2D eigenvalue weighted by molar-refractivity contribution is 0.112. The Bertz CT molecular complexity index is 850. The van der Waals surface area contributed by atoms with Crippen LogP contribution in [0.4, 0.5) is 5.00 Å². The third-order valence-electron chi connectivity index (χ3n) is 4.24. The van der Waals surface area contributed by atoms with E-state index < -0.39 is 10.0 Å². The summed E-state index contributed by atoms with van der Waals surface area (Å²) in [7, 11) is -3.47. The van der Waals surface area contributed by atoms with Crippen molar-refractivity contribution in [3.8, 4) is 0 Å². The first-order valence-electron chi connectivity index (χ1n) is 7.79. The summed E-state index contributed by atoms with van der Waals surface area (Å²) in [6, 6.07) is 9.24. The maximum Gasteiger partial charge on any atom is 0.243 e. The third kappa shape index (κ3) is 3.24. The van der Waals surface area contributed by atoms with Gasteiger partial charge in [0.05, 0.1) is 14.8 Å². The monoisotopic (exact) mass is 364 g/mol. The number of nitrogens with zero attached hydrogens (tertiary/aromatic N) is 2. The van der Waals surface area contributed by atoms with Gasteiger partial charge in [0.25, 0.3) is 0 Å². The van der Waals surface area contributed by atoms with Crippen molar-refractivity contribution < 1.29 is 13.2 Å². The average Bonchev–Trinajstić information content (AvgIpc) is 3.06. The quantitative estimate of drug-likeness (QED) is 0.783. The number of carbonyl (C=O) groups is 1. The van der Waals surface area contributed by atoms with E-state index in [1.54, 1.807) is 16.4 Å². The van der Waals surface area contributed by atoms with Gasteiger partial charge in [-0.1, -0.05) is 12.1 Å². The zero-order valence-corrected chi connectivity index (χ0v) is 15.4. The first-order chi connectivity index (χ1) is 11.4. The topological polar surface area (TPSA) is 57.7 Å². The van der Waals surface area contributed by atoms with Crippen LogP contribution in [0, 0.1) is 13.8 Å². The summed E-state index contributed by atoms with van der Waals surface area (Å²) in [5.41, 5.74) is 1.72. The minimum atomic E-state index is -3.47. The van der Waals surface area contributed by atoms with E-state index in [1.807, 2.05) is 32.0 Å². The highest BCUT2D eigenvalue weighted by Gasteiger charge is 2.30. The van der Waals surface area contributed by atoms with Crippen LogP contribution in [-0.2, 0) is 10.0 Å². The number of benzene rings is 1. The number of hydrogen-bond acceptors (Lipinski definition) is 5. The van der Waals surface area contributed by atoms with Gasteiger partial charge in [-0.2, -0.15) is 4.31 Å². The fourth-order valence-corrected chi connectivity index (χ4v) is 5.45. The van der Waals surface area contributed by atoms with Crippen molar-refractivity contribution in [3.05, 3.63) is 46.3 Å². The number of carbonyl (C=O) groups excluding carboxylic acids is 1. The minimum Gasteiger partial charge on any atom is -0.361 e. The van der Waals surface area contributed by atoms with Crippen LogP contribution < -0.4 is 4.90 Å². The van der Waals surface area contributed by atoms with E-state index in [1.165, 1.54) is 11.3 Å². The summed E-state index contributed by atoms with van der Waals surface area (Å²) in [6.07, 6.45) is 0.843.